The molecular weight excluding hydrogens is 296 g/mol. The summed E-state index contributed by atoms with van der Waals surface area (Å²) >= 11 is 0. The van der Waals surface area contributed by atoms with Gasteiger partial charge in [-0.2, -0.15) is 0 Å². The lowest BCUT2D eigenvalue weighted by Gasteiger charge is -2.52. The van der Waals surface area contributed by atoms with Gasteiger partial charge in [0.15, 0.2) is 5.78 Å². The van der Waals surface area contributed by atoms with Crippen LogP contribution in [0.2, 0.25) is 0 Å². The van der Waals surface area contributed by atoms with E-state index in [0.717, 1.165) is 25.7 Å². The second-order valence-electron chi connectivity index (χ2n) is 8.80. The molecule has 0 aromatic rings. The van der Waals surface area contributed by atoms with Crippen LogP contribution in [0.5, 0.6) is 0 Å². The van der Waals surface area contributed by atoms with Crippen LogP contribution >= 0.6 is 0 Å². The van der Waals surface area contributed by atoms with E-state index in [1.807, 2.05) is 13.0 Å². The van der Waals surface area contributed by atoms with E-state index in [1.54, 1.807) is 5.57 Å². The van der Waals surface area contributed by atoms with Crippen LogP contribution in [0.1, 0.15) is 58.8 Å². The highest BCUT2D eigenvalue weighted by Crippen LogP contribution is 2.64. The van der Waals surface area contributed by atoms with Crippen molar-refractivity contribution in [2.24, 2.45) is 29.1 Å². The van der Waals surface area contributed by atoms with Gasteiger partial charge in [-0.1, -0.05) is 18.6 Å². The average molecular weight is 326 g/mol. The molecular formula is C22H30O2. The standard InChI is InChI=1S/C22H30O2/c1-4-14-12-22(3)19(13(2)23)9-10-20(22)18-7-5-15-11-16(24)6-8-17(15)21(14)18/h4,11,13-14,18-20,23H,1,5-10,12H2,2-3H3/t13-,14-,18-,19+,20+,22+/m0/s1. The minimum absolute atomic E-state index is 0.217. The van der Waals surface area contributed by atoms with Gasteiger partial charge in [-0.3, -0.25) is 4.79 Å². The molecule has 0 aliphatic heterocycles. The molecule has 0 radical (unpaired) electrons. The quantitative estimate of drug-likeness (QED) is 0.753. The molecule has 1 N–H and O–H groups in total. The maximum Gasteiger partial charge on any atom is 0.156 e. The zero-order valence-electron chi connectivity index (χ0n) is 15.1. The van der Waals surface area contributed by atoms with E-state index in [0.29, 0.717) is 35.9 Å². The fourth-order valence-corrected chi connectivity index (χ4v) is 6.77. The van der Waals surface area contributed by atoms with Gasteiger partial charge >= 0.3 is 0 Å². The van der Waals surface area contributed by atoms with Crippen molar-refractivity contribution in [3.8, 4) is 0 Å². The van der Waals surface area contributed by atoms with Gasteiger partial charge in [0.05, 0.1) is 6.10 Å². The maximum absolute atomic E-state index is 11.8. The van der Waals surface area contributed by atoms with Crippen LogP contribution in [0.25, 0.3) is 0 Å². The molecule has 2 fully saturated rings. The first-order valence-electron chi connectivity index (χ1n) is 9.73. The number of allylic oxidation sites excluding steroid dienone is 5. The van der Waals surface area contributed by atoms with Crippen molar-refractivity contribution < 1.29 is 9.90 Å². The van der Waals surface area contributed by atoms with E-state index >= 15 is 0 Å². The fraction of sp³-hybridized carbons (Fsp3) is 0.682. The van der Waals surface area contributed by atoms with E-state index in [-0.39, 0.29) is 11.5 Å². The number of fused-ring (bicyclic) bond motifs is 4. The molecule has 4 aliphatic rings. The number of rotatable bonds is 2. The Kier molecular flexibility index (Phi) is 3.87. The van der Waals surface area contributed by atoms with Crippen molar-refractivity contribution in [2.75, 3.05) is 0 Å². The van der Waals surface area contributed by atoms with Gasteiger partial charge < -0.3 is 5.11 Å². The summed E-state index contributed by atoms with van der Waals surface area (Å²) < 4.78 is 0. The van der Waals surface area contributed by atoms with Gasteiger partial charge in [-0.05, 0) is 91.8 Å². The number of carbonyl (C=O) groups excluding carboxylic acids is 1. The van der Waals surface area contributed by atoms with Gasteiger partial charge in [0, 0.05) is 6.42 Å². The summed E-state index contributed by atoms with van der Waals surface area (Å²) in [6.45, 7) is 8.56. The minimum Gasteiger partial charge on any atom is -0.393 e. The molecule has 0 aromatic heterocycles. The summed E-state index contributed by atoms with van der Waals surface area (Å²) in [5, 5.41) is 10.3. The maximum atomic E-state index is 11.8. The highest BCUT2D eigenvalue weighted by atomic mass is 16.3. The molecule has 4 rings (SSSR count). The number of ketones is 1. The highest BCUT2D eigenvalue weighted by molar-refractivity contribution is 5.93. The lowest BCUT2D eigenvalue weighted by Crippen LogP contribution is -2.45. The van der Waals surface area contributed by atoms with Crippen molar-refractivity contribution >= 4 is 5.78 Å². The molecule has 0 heterocycles. The summed E-state index contributed by atoms with van der Waals surface area (Å²) in [6, 6.07) is 0. The van der Waals surface area contributed by atoms with E-state index in [2.05, 4.69) is 19.6 Å². The molecule has 0 aromatic carbocycles. The summed E-state index contributed by atoms with van der Waals surface area (Å²) in [5.41, 5.74) is 4.66. The number of aliphatic hydroxyl groups excluding tert-OH is 1. The van der Waals surface area contributed by atoms with Crippen LogP contribution in [0.15, 0.2) is 35.5 Å². The number of aliphatic hydroxyl groups is 1. The largest absolute Gasteiger partial charge is 0.393 e. The van der Waals surface area contributed by atoms with Crippen LogP contribution in [0.4, 0.5) is 0 Å². The Labute approximate surface area is 145 Å². The lowest BCUT2D eigenvalue weighted by atomic mass is 9.52. The fourth-order valence-electron chi connectivity index (χ4n) is 6.77. The molecule has 0 unspecified atom stereocenters. The predicted molar refractivity (Wildman–Crippen MR) is 96.4 cm³/mol. The van der Waals surface area contributed by atoms with Crippen molar-refractivity contribution in [1.82, 2.24) is 0 Å². The van der Waals surface area contributed by atoms with E-state index in [1.165, 1.54) is 24.0 Å². The summed E-state index contributed by atoms with van der Waals surface area (Å²) in [4.78, 5) is 11.8. The first-order valence-corrected chi connectivity index (χ1v) is 9.73. The van der Waals surface area contributed by atoms with Crippen LogP contribution in [0, 0.1) is 29.1 Å². The molecule has 24 heavy (non-hydrogen) atoms. The van der Waals surface area contributed by atoms with E-state index in [4.69, 9.17) is 0 Å². The van der Waals surface area contributed by atoms with Gasteiger partial charge in [0.2, 0.25) is 0 Å². The zero-order valence-corrected chi connectivity index (χ0v) is 15.1. The first kappa shape index (κ1) is 16.3. The minimum atomic E-state index is -0.217. The topological polar surface area (TPSA) is 37.3 Å². The van der Waals surface area contributed by atoms with Crippen molar-refractivity contribution in [2.45, 2.75) is 64.9 Å². The van der Waals surface area contributed by atoms with Crippen LogP contribution in [-0.4, -0.2) is 17.0 Å². The summed E-state index contributed by atoms with van der Waals surface area (Å²) in [5.74, 6) is 2.47. The Balaban J connectivity index is 1.79. The molecule has 0 bridgehead atoms. The highest BCUT2D eigenvalue weighted by Gasteiger charge is 2.56. The summed E-state index contributed by atoms with van der Waals surface area (Å²) in [6.07, 6.45) is 11.2. The third-order valence-corrected chi connectivity index (χ3v) is 7.71. The van der Waals surface area contributed by atoms with E-state index < -0.39 is 0 Å². The van der Waals surface area contributed by atoms with Crippen molar-refractivity contribution in [3.63, 3.8) is 0 Å². The molecule has 2 nitrogen and oxygen atoms in total. The Bertz CT molecular complexity index is 638. The number of hydrogen-bond acceptors (Lipinski definition) is 2. The van der Waals surface area contributed by atoms with Crippen molar-refractivity contribution in [3.05, 3.63) is 35.5 Å². The smallest absolute Gasteiger partial charge is 0.156 e. The Morgan fingerprint density at radius 1 is 1.29 bits per heavy atom. The third kappa shape index (κ3) is 2.22. The molecule has 2 saturated carbocycles. The Hall–Kier alpha value is -1.15. The molecule has 4 aliphatic carbocycles. The Morgan fingerprint density at radius 2 is 2.08 bits per heavy atom. The number of carbonyl (C=O) groups is 1. The van der Waals surface area contributed by atoms with Crippen molar-refractivity contribution in [1.29, 1.82) is 0 Å². The van der Waals surface area contributed by atoms with Crippen LogP contribution in [0.3, 0.4) is 0 Å². The SMILES string of the molecule is C=C[C@H]1C[C@]2(C)[C@@H]([C@H](C)O)CC[C@@H]2[C@@H]2CCC3=CC(=O)CCC3=C21. The molecule has 130 valence electrons. The number of hydrogen-bond donors (Lipinski definition) is 1. The first-order chi connectivity index (χ1) is 11.5. The predicted octanol–water partition coefficient (Wildman–Crippen LogP) is 4.60. The molecule has 6 atom stereocenters. The van der Waals surface area contributed by atoms with Gasteiger partial charge in [0.1, 0.15) is 0 Å². The van der Waals surface area contributed by atoms with Gasteiger partial charge in [0.25, 0.3) is 0 Å². The molecule has 0 amide bonds. The van der Waals surface area contributed by atoms with Crippen LogP contribution in [-0.2, 0) is 4.79 Å². The normalized spacial score (nSPS) is 42.8. The average Bonchev–Trinajstić information content (AvgIpc) is 2.90. The zero-order chi connectivity index (χ0) is 17.1. The summed E-state index contributed by atoms with van der Waals surface area (Å²) in [7, 11) is 0. The van der Waals surface area contributed by atoms with E-state index in [9.17, 15) is 9.90 Å². The molecule has 0 saturated heterocycles. The molecule has 2 heteroatoms. The van der Waals surface area contributed by atoms with Gasteiger partial charge in [-0.15, -0.1) is 6.58 Å². The third-order valence-electron chi connectivity index (χ3n) is 7.71. The second kappa shape index (κ2) is 5.69. The monoisotopic (exact) mass is 326 g/mol. The Morgan fingerprint density at radius 3 is 2.79 bits per heavy atom. The lowest BCUT2D eigenvalue weighted by molar-refractivity contribution is -0.114. The second-order valence-corrected chi connectivity index (χ2v) is 8.80. The van der Waals surface area contributed by atoms with Gasteiger partial charge in [-0.25, -0.2) is 0 Å². The molecule has 0 spiro atoms. The van der Waals surface area contributed by atoms with Crippen LogP contribution < -0.4 is 0 Å².